The minimum Gasteiger partial charge on any atom is -0.464 e. The summed E-state index contributed by atoms with van der Waals surface area (Å²) in [5.41, 5.74) is -2.48. The van der Waals surface area contributed by atoms with Gasteiger partial charge in [0.2, 0.25) is 0 Å². The molecule has 1 aromatic rings. The molecule has 0 atom stereocenters. The van der Waals surface area contributed by atoms with E-state index in [1.165, 1.54) is 20.8 Å². The van der Waals surface area contributed by atoms with Gasteiger partial charge in [0, 0.05) is 0 Å². The third-order valence-corrected chi connectivity index (χ3v) is 2.32. The molecule has 22 heavy (non-hydrogen) atoms. The number of aromatic nitrogens is 2. The van der Waals surface area contributed by atoms with Crippen molar-refractivity contribution in [2.75, 3.05) is 4.90 Å². The van der Waals surface area contributed by atoms with E-state index in [0.717, 1.165) is 0 Å². The highest BCUT2D eigenvalue weighted by Crippen LogP contribution is 2.35. The zero-order valence-electron chi connectivity index (χ0n) is 11.6. The molecule has 0 fully saturated rings. The number of halogens is 4. The second kappa shape index (κ2) is 5.95. The van der Waals surface area contributed by atoms with E-state index in [1.807, 2.05) is 0 Å². The van der Waals surface area contributed by atoms with Gasteiger partial charge in [-0.3, -0.25) is 0 Å². The first-order chi connectivity index (χ1) is 9.83. The third kappa shape index (κ3) is 4.45. The van der Waals surface area contributed by atoms with E-state index in [9.17, 15) is 22.8 Å². The van der Waals surface area contributed by atoms with Gasteiger partial charge in [0.05, 0.1) is 5.56 Å². The second-order valence-electron chi connectivity index (χ2n) is 5.00. The molecule has 7 nitrogen and oxygen atoms in total. The third-order valence-electron chi connectivity index (χ3n) is 2.04. The van der Waals surface area contributed by atoms with Crippen molar-refractivity contribution in [3.63, 3.8) is 0 Å². The molecule has 0 spiro atoms. The quantitative estimate of drug-likeness (QED) is 0.839. The lowest BCUT2D eigenvalue weighted by Gasteiger charge is -2.23. The van der Waals surface area contributed by atoms with Gasteiger partial charge in [-0.25, -0.2) is 9.59 Å². The number of nitrogens with zero attached hydrogens (tertiary/aromatic N) is 3. The first kappa shape index (κ1) is 18.0. The second-order valence-corrected chi connectivity index (χ2v) is 5.36. The SMILES string of the molecule is CC(C)(C)OC(=O)N(C(=O)O)c1cc(C(F)(F)F)c(Cl)nn1. The molecule has 0 saturated heterocycles. The van der Waals surface area contributed by atoms with Crippen LogP contribution in [0.1, 0.15) is 26.3 Å². The van der Waals surface area contributed by atoms with Crippen LogP contribution in [0, 0.1) is 0 Å². The predicted molar refractivity (Wildman–Crippen MR) is 68.8 cm³/mol. The molecule has 0 aliphatic rings. The van der Waals surface area contributed by atoms with E-state index in [-0.39, 0.29) is 4.90 Å². The van der Waals surface area contributed by atoms with Crippen LogP contribution in [0.4, 0.5) is 28.6 Å². The molecule has 2 amide bonds. The summed E-state index contributed by atoms with van der Waals surface area (Å²) < 4.78 is 43.0. The number of carboxylic acid groups (broad SMARTS) is 1. The number of ether oxygens (including phenoxy) is 1. The van der Waals surface area contributed by atoms with Crippen LogP contribution in [-0.4, -0.2) is 33.1 Å². The maximum absolute atomic E-state index is 12.7. The number of carbonyl (C=O) groups is 2. The Balaban J connectivity index is 3.29. The molecule has 1 heterocycles. The number of hydrogen-bond acceptors (Lipinski definition) is 5. The first-order valence-electron chi connectivity index (χ1n) is 5.69. The summed E-state index contributed by atoms with van der Waals surface area (Å²) >= 11 is 5.28. The van der Waals surface area contributed by atoms with Gasteiger partial charge >= 0.3 is 18.4 Å². The minimum absolute atomic E-state index is 0.0934. The highest BCUT2D eigenvalue weighted by atomic mass is 35.5. The van der Waals surface area contributed by atoms with Crippen molar-refractivity contribution in [2.45, 2.75) is 32.5 Å². The smallest absolute Gasteiger partial charge is 0.425 e. The largest absolute Gasteiger partial charge is 0.464 e. The lowest BCUT2D eigenvalue weighted by Crippen LogP contribution is -2.41. The number of alkyl halides is 3. The van der Waals surface area contributed by atoms with Gasteiger partial charge in [0.15, 0.2) is 11.0 Å². The normalized spacial score (nSPS) is 12.0. The zero-order chi connectivity index (χ0) is 17.3. The molecule has 1 N–H and O–H groups in total. The molecule has 0 aliphatic heterocycles. The summed E-state index contributed by atoms with van der Waals surface area (Å²) in [6.45, 7) is 4.37. The van der Waals surface area contributed by atoms with Crippen LogP contribution >= 0.6 is 11.6 Å². The average Bonchev–Trinajstić information content (AvgIpc) is 2.27. The molecular formula is C11H11ClF3N3O4. The maximum Gasteiger partial charge on any atom is 0.425 e. The number of carbonyl (C=O) groups excluding carboxylic acids is 1. The van der Waals surface area contributed by atoms with Crippen LogP contribution < -0.4 is 4.90 Å². The van der Waals surface area contributed by atoms with E-state index >= 15 is 0 Å². The van der Waals surface area contributed by atoms with Gasteiger partial charge in [0.25, 0.3) is 0 Å². The molecule has 122 valence electrons. The fraction of sp³-hybridized carbons (Fsp3) is 0.455. The lowest BCUT2D eigenvalue weighted by atomic mass is 10.2. The Hall–Kier alpha value is -2.10. The van der Waals surface area contributed by atoms with Crippen LogP contribution in [0.5, 0.6) is 0 Å². The summed E-state index contributed by atoms with van der Waals surface area (Å²) in [5, 5.41) is 14.2. The van der Waals surface area contributed by atoms with Crippen molar-refractivity contribution in [2.24, 2.45) is 0 Å². The predicted octanol–water partition coefficient (Wildman–Crippen LogP) is 3.57. The van der Waals surface area contributed by atoms with Crippen molar-refractivity contribution in [1.82, 2.24) is 10.2 Å². The minimum atomic E-state index is -4.89. The molecule has 0 aliphatic carbocycles. The Kier molecular flexibility index (Phi) is 4.86. The summed E-state index contributed by atoms with van der Waals surface area (Å²) in [5.74, 6) is -0.876. The summed E-state index contributed by atoms with van der Waals surface area (Å²) in [7, 11) is 0. The van der Waals surface area contributed by atoms with Gasteiger partial charge in [0.1, 0.15) is 5.60 Å². The number of rotatable bonds is 1. The molecule has 0 aromatic carbocycles. The maximum atomic E-state index is 12.7. The fourth-order valence-corrected chi connectivity index (χ4v) is 1.45. The number of amides is 2. The number of imide groups is 1. The Morgan fingerprint density at radius 1 is 1.27 bits per heavy atom. The molecule has 11 heteroatoms. The van der Waals surface area contributed by atoms with E-state index in [0.29, 0.717) is 6.07 Å². The molecule has 0 unspecified atom stereocenters. The van der Waals surface area contributed by atoms with Crippen LogP contribution in [-0.2, 0) is 10.9 Å². The van der Waals surface area contributed by atoms with Crippen LogP contribution in [0.2, 0.25) is 5.15 Å². The van der Waals surface area contributed by atoms with E-state index in [4.69, 9.17) is 21.4 Å². The highest BCUT2D eigenvalue weighted by molar-refractivity contribution is 6.30. The zero-order valence-corrected chi connectivity index (χ0v) is 12.4. The Bertz CT molecular complexity index is 601. The Morgan fingerprint density at radius 3 is 2.23 bits per heavy atom. The topological polar surface area (TPSA) is 92.6 Å². The van der Waals surface area contributed by atoms with Crippen molar-refractivity contribution in [3.8, 4) is 0 Å². The Morgan fingerprint density at radius 2 is 1.82 bits per heavy atom. The number of hydrogen-bond donors (Lipinski definition) is 1. The number of anilines is 1. The standard InChI is InChI=1S/C11H11ClF3N3O4/c1-10(2,3)22-9(21)18(8(19)20)6-4-5(11(13,14)15)7(12)17-16-6/h4H,1-3H3,(H,19,20). The van der Waals surface area contributed by atoms with Crippen molar-refractivity contribution < 1.29 is 32.6 Å². The molecule has 0 radical (unpaired) electrons. The summed E-state index contributed by atoms with van der Waals surface area (Å²) in [6.07, 6.45) is -8.18. The van der Waals surface area contributed by atoms with Crippen molar-refractivity contribution >= 4 is 29.6 Å². The average molecular weight is 342 g/mol. The molecule has 1 aromatic heterocycles. The summed E-state index contributed by atoms with van der Waals surface area (Å²) in [6, 6.07) is 0.299. The van der Waals surface area contributed by atoms with E-state index in [2.05, 4.69) is 10.2 Å². The van der Waals surface area contributed by atoms with Gasteiger partial charge in [-0.2, -0.15) is 18.1 Å². The van der Waals surface area contributed by atoms with Crippen LogP contribution in [0.15, 0.2) is 6.07 Å². The van der Waals surface area contributed by atoms with Crippen LogP contribution in [0.3, 0.4) is 0 Å². The van der Waals surface area contributed by atoms with Gasteiger partial charge in [-0.15, -0.1) is 10.2 Å². The van der Waals surface area contributed by atoms with Gasteiger partial charge in [-0.1, -0.05) is 11.6 Å². The lowest BCUT2D eigenvalue weighted by molar-refractivity contribution is -0.137. The first-order valence-corrected chi connectivity index (χ1v) is 6.07. The van der Waals surface area contributed by atoms with Crippen molar-refractivity contribution in [3.05, 3.63) is 16.8 Å². The van der Waals surface area contributed by atoms with Crippen LogP contribution in [0.25, 0.3) is 0 Å². The fourth-order valence-electron chi connectivity index (χ4n) is 1.25. The van der Waals surface area contributed by atoms with Crippen molar-refractivity contribution in [1.29, 1.82) is 0 Å². The van der Waals surface area contributed by atoms with Gasteiger partial charge < -0.3 is 9.84 Å². The monoisotopic (exact) mass is 341 g/mol. The highest BCUT2D eigenvalue weighted by Gasteiger charge is 2.37. The van der Waals surface area contributed by atoms with E-state index < -0.39 is 40.5 Å². The molecule has 0 saturated carbocycles. The van der Waals surface area contributed by atoms with Gasteiger partial charge in [-0.05, 0) is 26.8 Å². The van der Waals surface area contributed by atoms with E-state index in [1.54, 1.807) is 0 Å². The molecule has 1 rings (SSSR count). The molecule has 0 bridgehead atoms. The Labute approximate surface area is 127 Å². The summed E-state index contributed by atoms with van der Waals surface area (Å²) in [4.78, 5) is 22.8. The molecular weight excluding hydrogens is 331 g/mol.